The normalized spacial score (nSPS) is 13.1. The summed E-state index contributed by atoms with van der Waals surface area (Å²) in [5, 5.41) is 0. The van der Waals surface area contributed by atoms with Gasteiger partial charge in [0.25, 0.3) is 0 Å². The van der Waals surface area contributed by atoms with E-state index in [4.69, 9.17) is 0 Å². The second-order valence-corrected chi connectivity index (χ2v) is 7.35. The summed E-state index contributed by atoms with van der Waals surface area (Å²) in [5.41, 5.74) is 0. The maximum Gasteiger partial charge on any atom is 0.483 e. The average Bonchev–Trinajstić information content (AvgIpc) is 2.49. The summed E-state index contributed by atoms with van der Waals surface area (Å²) in [4.78, 5) is 10.7. The van der Waals surface area contributed by atoms with Crippen molar-refractivity contribution in [2.75, 3.05) is 12.8 Å². The van der Waals surface area contributed by atoms with E-state index in [1.54, 1.807) is 0 Å². The van der Waals surface area contributed by atoms with Crippen LogP contribution in [0.3, 0.4) is 0 Å². The van der Waals surface area contributed by atoms with E-state index in [9.17, 15) is 30.8 Å². The first-order valence-electron chi connectivity index (χ1n) is 7.50. The van der Waals surface area contributed by atoms with Crippen LogP contribution in [-0.2, 0) is 19.6 Å². The summed E-state index contributed by atoms with van der Waals surface area (Å²) < 4.78 is 80.5. The molecule has 0 heterocycles. The lowest BCUT2D eigenvalue weighted by Crippen LogP contribution is -2.57. The Hall–Kier alpha value is -1.16. The lowest BCUT2D eigenvalue weighted by atomic mass is 10.1. The number of carbonyl (C=O) groups excluding carboxylic acids is 1. The van der Waals surface area contributed by atoms with Gasteiger partial charge in [0.1, 0.15) is 0 Å². The molecule has 0 saturated heterocycles. The lowest BCUT2D eigenvalue weighted by molar-refractivity contribution is -0.357. The number of sulfonamides is 1. The number of esters is 1. The molecule has 0 amide bonds. The zero-order chi connectivity index (χ0) is 19.0. The van der Waals surface area contributed by atoms with Crippen LogP contribution in [-0.4, -0.2) is 43.6 Å². The molecule has 0 atom stereocenters. The van der Waals surface area contributed by atoms with Gasteiger partial charge in [-0.25, -0.2) is 13.2 Å². The van der Waals surface area contributed by atoms with Crippen LogP contribution >= 0.6 is 0 Å². The minimum atomic E-state index is -5.32. The fourth-order valence-corrected chi connectivity index (χ4v) is 3.09. The van der Waals surface area contributed by atoms with Crippen LogP contribution < -0.4 is 0 Å². The highest BCUT2D eigenvalue weighted by Crippen LogP contribution is 2.39. The van der Waals surface area contributed by atoms with Gasteiger partial charge >= 0.3 is 18.1 Å². The second-order valence-electron chi connectivity index (χ2n) is 5.23. The molecule has 0 aliphatic heterocycles. The SMILES string of the molecule is C=CC(=O)OC(F)(F)C(F)(F)N(C)S(=O)(=O)CCCCCCCC. The van der Waals surface area contributed by atoms with Gasteiger partial charge in [-0.05, 0) is 6.42 Å². The molecule has 0 aliphatic carbocycles. The highest BCUT2D eigenvalue weighted by atomic mass is 32.2. The van der Waals surface area contributed by atoms with E-state index in [-0.39, 0.29) is 12.5 Å². The first-order chi connectivity index (χ1) is 10.9. The van der Waals surface area contributed by atoms with Gasteiger partial charge < -0.3 is 4.74 Å². The Balaban J connectivity index is 4.84. The van der Waals surface area contributed by atoms with Crippen molar-refractivity contribution >= 4 is 16.0 Å². The van der Waals surface area contributed by atoms with Crippen LogP contribution in [0.4, 0.5) is 17.6 Å². The molecular formula is C14H23F4NO4S. The van der Waals surface area contributed by atoms with Crippen molar-refractivity contribution in [3.05, 3.63) is 12.7 Å². The van der Waals surface area contributed by atoms with Crippen molar-refractivity contribution in [1.82, 2.24) is 4.31 Å². The Morgan fingerprint density at radius 3 is 2.12 bits per heavy atom. The molecular weight excluding hydrogens is 354 g/mol. The smallest absolute Gasteiger partial charge is 0.392 e. The zero-order valence-corrected chi connectivity index (χ0v) is 14.6. The third-order valence-corrected chi connectivity index (χ3v) is 5.18. The Morgan fingerprint density at radius 2 is 1.62 bits per heavy atom. The fourth-order valence-electron chi connectivity index (χ4n) is 1.79. The van der Waals surface area contributed by atoms with Crippen molar-refractivity contribution in [3.8, 4) is 0 Å². The fraction of sp³-hybridized carbons (Fsp3) is 0.786. The molecule has 0 aromatic carbocycles. The van der Waals surface area contributed by atoms with Gasteiger partial charge in [-0.2, -0.15) is 17.6 Å². The van der Waals surface area contributed by atoms with Gasteiger partial charge in [0.15, 0.2) is 0 Å². The maximum absolute atomic E-state index is 13.7. The quantitative estimate of drug-likeness (QED) is 0.172. The van der Waals surface area contributed by atoms with Gasteiger partial charge in [0, 0.05) is 13.1 Å². The number of nitrogens with zero attached hydrogens (tertiary/aromatic N) is 1. The number of likely N-dealkylation sites (N-methyl/N-ethyl adjacent to an activating group) is 1. The lowest BCUT2D eigenvalue weighted by Gasteiger charge is -2.31. The minimum absolute atomic E-state index is 0.0739. The molecule has 0 N–H and O–H groups in total. The van der Waals surface area contributed by atoms with E-state index < -0.39 is 38.2 Å². The number of alkyl halides is 4. The third kappa shape index (κ3) is 6.39. The standard InChI is InChI=1S/C14H23F4NO4S/c1-4-6-7-8-9-10-11-24(21,22)19(3)13(15,16)14(17,18)23-12(20)5-2/h5H,2,4,6-11H2,1,3H3. The summed E-state index contributed by atoms with van der Waals surface area (Å²) in [7, 11) is -4.33. The highest BCUT2D eigenvalue weighted by molar-refractivity contribution is 7.89. The Morgan fingerprint density at radius 1 is 1.12 bits per heavy atom. The molecule has 0 aromatic heterocycles. The van der Waals surface area contributed by atoms with Crippen LogP contribution in [0, 0.1) is 0 Å². The predicted molar refractivity (Wildman–Crippen MR) is 81.1 cm³/mol. The summed E-state index contributed by atoms with van der Waals surface area (Å²) in [6, 6.07) is -5.22. The second kappa shape index (κ2) is 9.36. The summed E-state index contributed by atoms with van der Waals surface area (Å²) >= 11 is 0. The molecule has 0 fully saturated rings. The molecule has 0 aromatic rings. The van der Waals surface area contributed by atoms with Crippen LogP contribution in [0.1, 0.15) is 45.4 Å². The van der Waals surface area contributed by atoms with Crippen molar-refractivity contribution < 1.29 is 35.5 Å². The van der Waals surface area contributed by atoms with Gasteiger partial charge in [0.2, 0.25) is 10.0 Å². The molecule has 24 heavy (non-hydrogen) atoms. The monoisotopic (exact) mass is 377 g/mol. The highest BCUT2D eigenvalue weighted by Gasteiger charge is 2.65. The van der Waals surface area contributed by atoms with Gasteiger partial charge in [-0.3, -0.25) is 0 Å². The van der Waals surface area contributed by atoms with E-state index in [1.165, 1.54) is 0 Å². The minimum Gasteiger partial charge on any atom is -0.392 e. The largest absolute Gasteiger partial charge is 0.483 e. The Kier molecular flexibility index (Phi) is 8.90. The van der Waals surface area contributed by atoms with Crippen molar-refractivity contribution in [2.45, 2.75) is 57.6 Å². The average molecular weight is 377 g/mol. The predicted octanol–water partition coefficient (Wildman–Crippen LogP) is 3.52. The molecule has 0 unspecified atom stereocenters. The molecule has 0 saturated carbocycles. The van der Waals surface area contributed by atoms with Crippen molar-refractivity contribution in [3.63, 3.8) is 0 Å². The van der Waals surface area contributed by atoms with Gasteiger partial charge in [-0.15, -0.1) is 4.31 Å². The van der Waals surface area contributed by atoms with E-state index in [1.807, 2.05) is 6.92 Å². The number of unbranched alkanes of at least 4 members (excludes halogenated alkanes) is 5. The van der Waals surface area contributed by atoms with Gasteiger partial charge in [-0.1, -0.05) is 45.6 Å². The van der Waals surface area contributed by atoms with E-state index >= 15 is 0 Å². The molecule has 0 radical (unpaired) electrons. The molecule has 142 valence electrons. The van der Waals surface area contributed by atoms with E-state index in [2.05, 4.69) is 11.3 Å². The van der Waals surface area contributed by atoms with Crippen LogP contribution in [0.2, 0.25) is 0 Å². The number of hydrogen-bond donors (Lipinski definition) is 0. The van der Waals surface area contributed by atoms with Crippen molar-refractivity contribution in [2.24, 2.45) is 0 Å². The van der Waals surface area contributed by atoms with E-state index in [0.29, 0.717) is 13.5 Å². The third-order valence-electron chi connectivity index (χ3n) is 3.31. The summed E-state index contributed by atoms with van der Waals surface area (Å²) in [6.45, 7) is 4.81. The van der Waals surface area contributed by atoms with Crippen LogP contribution in [0.25, 0.3) is 0 Å². The number of hydrogen-bond acceptors (Lipinski definition) is 4. The molecule has 5 nitrogen and oxygen atoms in total. The Bertz CT molecular complexity index is 523. The molecule has 0 spiro atoms. The molecule has 0 rings (SSSR count). The topological polar surface area (TPSA) is 63.7 Å². The number of halogens is 4. The van der Waals surface area contributed by atoms with Gasteiger partial charge in [0.05, 0.1) is 5.75 Å². The first kappa shape index (κ1) is 22.8. The molecule has 0 aliphatic rings. The van der Waals surface area contributed by atoms with Crippen molar-refractivity contribution in [1.29, 1.82) is 0 Å². The van der Waals surface area contributed by atoms with Crippen LogP contribution in [0.15, 0.2) is 12.7 Å². The van der Waals surface area contributed by atoms with E-state index in [0.717, 1.165) is 25.7 Å². The molecule has 10 heteroatoms. The number of carbonyl (C=O) groups is 1. The zero-order valence-electron chi connectivity index (χ0n) is 13.7. The number of ether oxygens (including phenoxy) is 1. The molecule has 0 bridgehead atoms. The first-order valence-corrected chi connectivity index (χ1v) is 9.11. The maximum atomic E-state index is 13.7. The summed E-state index contributed by atoms with van der Waals surface area (Å²) in [5.74, 6) is -2.49. The number of rotatable bonds is 12. The van der Waals surface area contributed by atoms with Crippen LogP contribution in [0.5, 0.6) is 0 Å². The summed E-state index contributed by atoms with van der Waals surface area (Å²) in [6.07, 6.45) is -0.896. The Labute approximate surface area is 139 Å².